The molecule has 0 aliphatic carbocycles. The van der Waals surface area contributed by atoms with Crippen LogP contribution in [0.25, 0.3) is 0 Å². The molecule has 1 aliphatic rings. The van der Waals surface area contributed by atoms with E-state index in [1.54, 1.807) is 0 Å². The number of anilines is 1. The number of hydrogen-bond acceptors (Lipinski definition) is 4. The minimum Gasteiger partial charge on any atom is -0.363 e. The Hall–Kier alpha value is -0.540. The maximum Gasteiger partial charge on any atom is 0.191 e. The molecule has 0 saturated carbocycles. The fourth-order valence-electron chi connectivity index (χ4n) is 3.16. The summed E-state index contributed by atoms with van der Waals surface area (Å²) in [5, 5.41) is 10.6. The van der Waals surface area contributed by atoms with Crippen molar-refractivity contribution >= 4 is 46.3 Å². The van der Waals surface area contributed by atoms with Gasteiger partial charge in [-0.05, 0) is 49.9 Å². The van der Waals surface area contributed by atoms with Gasteiger partial charge in [-0.2, -0.15) is 0 Å². The highest BCUT2D eigenvalue weighted by Crippen LogP contribution is 2.24. The number of halogens is 1. The molecule has 1 aromatic heterocycles. The number of piperidine rings is 1. The predicted molar refractivity (Wildman–Crippen MR) is 122 cm³/mol. The molecule has 2 rings (SSSR count). The van der Waals surface area contributed by atoms with E-state index >= 15 is 0 Å². The number of nitrogens with one attached hydrogen (secondary N) is 2. The molecule has 0 aromatic carbocycles. The second kappa shape index (κ2) is 12.8. The van der Waals surface area contributed by atoms with E-state index in [2.05, 4.69) is 56.8 Å². The molecule has 0 unspecified atom stereocenters. The van der Waals surface area contributed by atoms with Gasteiger partial charge >= 0.3 is 0 Å². The van der Waals surface area contributed by atoms with Gasteiger partial charge in [-0.25, -0.2) is 0 Å². The van der Waals surface area contributed by atoms with E-state index < -0.39 is 0 Å². The number of guanidine groups is 1. The fourth-order valence-corrected chi connectivity index (χ4v) is 3.94. The third-order valence-electron chi connectivity index (χ3n) is 4.58. The molecule has 25 heavy (non-hydrogen) atoms. The third kappa shape index (κ3) is 7.70. The fraction of sp³-hybridized carbons (Fsp3) is 0.722. The molecular formula is C18H34IN5S. The summed E-state index contributed by atoms with van der Waals surface area (Å²) in [7, 11) is 1.86. The second-order valence-corrected chi connectivity index (χ2v) is 7.22. The first-order chi connectivity index (χ1) is 11.8. The molecule has 1 fully saturated rings. The van der Waals surface area contributed by atoms with Crippen LogP contribution in [0.5, 0.6) is 0 Å². The van der Waals surface area contributed by atoms with Gasteiger partial charge in [0.1, 0.15) is 0 Å². The first-order valence-corrected chi connectivity index (χ1v) is 10.1. The predicted octanol–water partition coefficient (Wildman–Crippen LogP) is 3.23. The zero-order valence-electron chi connectivity index (χ0n) is 15.8. The average Bonchev–Trinajstić information content (AvgIpc) is 3.15. The summed E-state index contributed by atoms with van der Waals surface area (Å²) in [6.07, 6.45) is 3.54. The van der Waals surface area contributed by atoms with Gasteiger partial charge in [-0.15, -0.1) is 35.3 Å². The van der Waals surface area contributed by atoms with Crippen molar-refractivity contribution in [3.8, 4) is 0 Å². The molecule has 2 heterocycles. The molecule has 0 atom stereocenters. The van der Waals surface area contributed by atoms with Gasteiger partial charge < -0.3 is 20.4 Å². The van der Waals surface area contributed by atoms with Crippen LogP contribution >= 0.6 is 35.3 Å². The number of thiophene rings is 1. The Balaban J connectivity index is 0.00000312. The van der Waals surface area contributed by atoms with Gasteiger partial charge in [0.2, 0.25) is 0 Å². The quantitative estimate of drug-likeness (QED) is 0.342. The zero-order chi connectivity index (χ0) is 17.2. The van der Waals surface area contributed by atoms with Crippen molar-refractivity contribution in [1.82, 2.24) is 15.5 Å². The van der Waals surface area contributed by atoms with Crippen molar-refractivity contribution in [3.63, 3.8) is 0 Å². The molecule has 2 N–H and O–H groups in total. The van der Waals surface area contributed by atoms with Gasteiger partial charge in [0, 0.05) is 39.3 Å². The van der Waals surface area contributed by atoms with Crippen LogP contribution in [-0.4, -0.2) is 63.2 Å². The summed E-state index contributed by atoms with van der Waals surface area (Å²) in [6, 6.07) is 4.87. The van der Waals surface area contributed by atoms with Crippen molar-refractivity contribution in [2.24, 2.45) is 4.99 Å². The Kier molecular flexibility index (Phi) is 11.5. The Labute approximate surface area is 174 Å². The zero-order valence-corrected chi connectivity index (χ0v) is 19.0. The smallest absolute Gasteiger partial charge is 0.191 e. The monoisotopic (exact) mass is 479 g/mol. The highest BCUT2D eigenvalue weighted by atomic mass is 127. The maximum atomic E-state index is 4.38. The standard InChI is InChI=1S/C18H33N5S.HI/c1-4-11-22(5-2)14-10-20-18(19-3)21-16-8-12-23(13-9-16)17-7-6-15-24-17;/h6-7,15-16H,4-5,8-14H2,1-3H3,(H2,19,20,21);1H. The number of likely N-dealkylation sites (N-methyl/N-ethyl adjacent to an activating group) is 1. The first-order valence-electron chi connectivity index (χ1n) is 9.24. The van der Waals surface area contributed by atoms with Crippen molar-refractivity contribution in [3.05, 3.63) is 17.5 Å². The van der Waals surface area contributed by atoms with Crippen LogP contribution in [0.3, 0.4) is 0 Å². The molecule has 0 radical (unpaired) electrons. The van der Waals surface area contributed by atoms with Crippen LogP contribution < -0.4 is 15.5 Å². The maximum absolute atomic E-state index is 4.38. The summed E-state index contributed by atoms with van der Waals surface area (Å²) >= 11 is 1.83. The summed E-state index contributed by atoms with van der Waals surface area (Å²) in [6.45, 7) is 11.0. The molecule has 1 aliphatic heterocycles. The van der Waals surface area contributed by atoms with Gasteiger partial charge in [0.25, 0.3) is 0 Å². The number of nitrogens with zero attached hydrogens (tertiary/aromatic N) is 3. The minimum atomic E-state index is 0. The van der Waals surface area contributed by atoms with Crippen LogP contribution in [0.1, 0.15) is 33.1 Å². The van der Waals surface area contributed by atoms with E-state index in [1.807, 2.05) is 18.4 Å². The highest BCUT2D eigenvalue weighted by molar-refractivity contribution is 14.0. The lowest BCUT2D eigenvalue weighted by atomic mass is 10.1. The lowest BCUT2D eigenvalue weighted by molar-refractivity contribution is 0.292. The van der Waals surface area contributed by atoms with Crippen molar-refractivity contribution in [1.29, 1.82) is 0 Å². The Morgan fingerprint density at radius 3 is 2.64 bits per heavy atom. The summed E-state index contributed by atoms with van der Waals surface area (Å²) < 4.78 is 0. The van der Waals surface area contributed by atoms with Crippen molar-refractivity contribution < 1.29 is 0 Å². The van der Waals surface area contributed by atoms with E-state index in [9.17, 15) is 0 Å². The van der Waals surface area contributed by atoms with Crippen molar-refractivity contribution in [2.45, 2.75) is 39.2 Å². The lowest BCUT2D eigenvalue weighted by Crippen LogP contribution is -2.49. The molecule has 0 spiro atoms. The molecule has 0 bridgehead atoms. The van der Waals surface area contributed by atoms with E-state index in [4.69, 9.17) is 0 Å². The van der Waals surface area contributed by atoms with Gasteiger partial charge in [-0.1, -0.05) is 13.8 Å². The SMILES string of the molecule is CCCN(CC)CCNC(=NC)NC1CCN(c2cccs2)CC1.I. The van der Waals surface area contributed by atoms with Gasteiger partial charge in [0.05, 0.1) is 5.00 Å². The highest BCUT2D eigenvalue weighted by Gasteiger charge is 2.20. The van der Waals surface area contributed by atoms with E-state index in [0.717, 1.165) is 51.5 Å². The molecule has 1 saturated heterocycles. The van der Waals surface area contributed by atoms with E-state index in [-0.39, 0.29) is 24.0 Å². The first kappa shape index (κ1) is 22.5. The number of aliphatic imine (C=N–C) groups is 1. The van der Waals surface area contributed by atoms with Gasteiger partial charge in [0.15, 0.2) is 5.96 Å². The molecule has 5 nitrogen and oxygen atoms in total. The average molecular weight is 479 g/mol. The van der Waals surface area contributed by atoms with Crippen LogP contribution in [0.2, 0.25) is 0 Å². The minimum absolute atomic E-state index is 0. The van der Waals surface area contributed by atoms with Gasteiger partial charge in [-0.3, -0.25) is 4.99 Å². The van der Waals surface area contributed by atoms with E-state index in [0.29, 0.717) is 6.04 Å². The summed E-state index contributed by atoms with van der Waals surface area (Å²) in [5.41, 5.74) is 0. The Morgan fingerprint density at radius 1 is 1.32 bits per heavy atom. The van der Waals surface area contributed by atoms with Crippen LogP contribution in [0.4, 0.5) is 5.00 Å². The summed E-state index contributed by atoms with van der Waals surface area (Å²) in [5.74, 6) is 0.942. The Bertz CT molecular complexity index is 472. The van der Waals surface area contributed by atoms with Crippen LogP contribution in [0, 0.1) is 0 Å². The molecular weight excluding hydrogens is 445 g/mol. The number of rotatable bonds is 8. The third-order valence-corrected chi connectivity index (χ3v) is 5.51. The van der Waals surface area contributed by atoms with E-state index in [1.165, 1.54) is 18.0 Å². The number of hydrogen-bond donors (Lipinski definition) is 2. The summed E-state index contributed by atoms with van der Waals surface area (Å²) in [4.78, 5) is 9.35. The topological polar surface area (TPSA) is 42.9 Å². The second-order valence-electron chi connectivity index (χ2n) is 6.29. The largest absolute Gasteiger partial charge is 0.363 e. The lowest BCUT2D eigenvalue weighted by Gasteiger charge is -2.33. The molecule has 1 aromatic rings. The van der Waals surface area contributed by atoms with Crippen LogP contribution in [-0.2, 0) is 0 Å². The molecule has 7 heteroatoms. The normalized spacial score (nSPS) is 16.0. The molecule has 0 amide bonds. The van der Waals surface area contributed by atoms with Crippen LogP contribution in [0.15, 0.2) is 22.5 Å². The van der Waals surface area contributed by atoms with Crippen molar-refractivity contribution in [2.75, 3.05) is 51.2 Å². The molecule has 144 valence electrons. The Morgan fingerprint density at radius 2 is 2.08 bits per heavy atom.